The van der Waals surface area contributed by atoms with E-state index in [9.17, 15) is 4.79 Å². The summed E-state index contributed by atoms with van der Waals surface area (Å²) < 4.78 is 0. The Balaban J connectivity index is 1.45. The zero-order chi connectivity index (χ0) is 29.1. The number of para-hydroxylation sites is 1. The van der Waals surface area contributed by atoms with Crippen LogP contribution in [0.5, 0.6) is 0 Å². The average Bonchev–Trinajstić information content (AvgIpc) is 3.04. The summed E-state index contributed by atoms with van der Waals surface area (Å²) in [4.78, 5) is 23.1. The van der Waals surface area contributed by atoms with E-state index in [-0.39, 0.29) is 11.9 Å². The van der Waals surface area contributed by atoms with Crippen molar-refractivity contribution in [2.24, 2.45) is 4.99 Å². The first-order valence-electron chi connectivity index (χ1n) is 14.9. The normalized spacial score (nSPS) is 14.2. The number of unbranched alkanes of at least 4 members (excludes halogenated alkanes) is 2. The fraction of sp³-hybridized carbons (Fsp3) is 0.278. The Labute approximate surface area is 250 Å². The van der Waals surface area contributed by atoms with Gasteiger partial charge in [0.1, 0.15) is 0 Å². The van der Waals surface area contributed by atoms with E-state index in [0.29, 0.717) is 13.0 Å². The summed E-state index contributed by atoms with van der Waals surface area (Å²) in [6, 6.07) is 37.1. The molecule has 1 atom stereocenters. The molecule has 0 aliphatic carbocycles. The minimum atomic E-state index is -0.196. The molecule has 1 heterocycles. The minimum Gasteiger partial charge on any atom is -0.352 e. The quantitative estimate of drug-likeness (QED) is 0.185. The Morgan fingerprint density at radius 2 is 1.48 bits per heavy atom. The van der Waals surface area contributed by atoms with E-state index in [4.69, 9.17) is 4.99 Å². The van der Waals surface area contributed by atoms with Crippen molar-refractivity contribution in [1.82, 2.24) is 15.5 Å². The summed E-state index contributed by atoms with van der Waals surface area (Å²) in [5.74, 6) is 0.885. The zero-order valence-electron chi connectivity index (χ0n) is 24.7. The third-order valence-corrected chi connectivity index (χ3v) is 7.77. The molecule has 0 fully saturated rings. The molecule has 5 rings (SSSR count). The van der Waals surface area contributed by atoms with Crippen LogP contribution in [0.2, 0.25) is 0 Å². The maximum absolute atomic E-state index is 13.5. The summed E-state index contributed by atoms with van der Waals surface area (Å²) in [7, 11) is 4.11. The van der Waals surface area contributed by atoms with E-state index in [1.165, 1.54) is 5.56 Å². The van der Waals surface area contributed by atoms with Gasteiger partial charge in [0.15, 0.2) is 0 Å². The van der Waals surface area contributed by atoms with Gasteiger partial charge < -0.3 is 20.4 Å². The lowest BCUT2D eigenvalue weighted by atomic mass is 9.96. The summed E-state index contributed by atoms with van der Waals surface area (Å²) in [5.41, 5.74) is 6.43. The number of hydrogen-bond acceptors (Lipinski definition) is 5. The molecule has 6 heteroatoms. The van der Waals surface area contributed by atoms with Crippen molar-refractivity contribution in [2.75, 3.05) is 32.1 Å². The molecule has 0 saturated carbocycles. The highest BCUT2D eigenvalue weighted by Crippen LogP contribution is 2.40. The molecule has 1 amide bonds. The molecule has 1 unspecified atom stereocenters. The van der Waals surface area contributed by atoms with Crippen LogP contribution in [0.15, 0.2) is 114 Å². The van der Waals surface area contributed by atoms with Crippen LogP contribution in [0.3, 0.4) is 0 Å². The first-order chi connectivity index (χ1) is 20.6. The molecular weight excluding hydrogens is 518 g/mol. The van der Waals surface area contributed by atoms with Crippen LogP contribution in [0.1, 0.15) is 42.9 Å². The number of nitrogens with one attached hydrogen (secondary N) is 2. The third kappa shape index (κ3) is 7.25. The van der Waals surface area contributed by atoms with Gasteiger partial charge in [0.25, 0.3) is 0 Å². The highest BCUT2D eigenvalue weighted by atomic mass is 16.1. The molecule has 0 aromatic heterocycles. The Morgan fingerprint density at radius 1 is 0.810 bits per heavy atom. The second kappa shape index (κ2) is 14.5. The van der Waals surface area contributed by atoms with Crippen LogP contribution in [0.4, 0.5) is 11.4 Å². The van der Waals surface area contributed by atoms with Gasteiger partial charge in [-0.2, -0.15) is 0 Å². The average molecular weight is 560 g/mol. The molecular formula is C36H41N5O. The smallest absolute Gasteiger partial charge is 0.222 e. The fourth-order valence-corrected chi connectivity index (χ4v) is 5.49. The second-order valence-corrected chi connectivity index (χ2v) is 10.8. The number of guanidine groups is 1. The monoisotopic (exact) mass is 559 g/mol. The molecule has 0 saturated heterocycles. The number of rotatable bonds is 12. The van der Waals surface area contributed by atoms with Gasteiger partial charge in [0.2, 0.25) is 11.9 Å². The van der Waals surface area contributed by atoms with Crippen LogP contribution in [-0.2, 0) is 11.3 Å². The maximum atomic E-state index is 13.5. The number of nitrogens with zero attached hydrogens (tertiary/aromatic N) is 3. The Hall–Kier alpha value is -4.42. The molecule has 1 aliphatic heterocycles. The summed E-state index contributed by atoms with van der Waals surface area (Å²) in [6.07, 6.45) is 3.68. The van der Waals surface area contributed by atoms with Crippen LogP contribution in [0, 0.1) is 0 Å². The Morgan fingerprint density at radius 3 is 2.21 bits per heavy atom. The van der Waals surface area contributed by atoms with Crippen molar-refractivity contribution >= 4 is 23.2 Å². The van der Waals surface area contributed by atoms with Gasteiger partial charge in [-0.1, -0.05) is 97.4 Å². The van der Waals surface area contributed by atoms with Crippen molar-refractivity contribution in [2.45, 2.75) is 38.3 Å². The predicted molar refractivity (Wildman–Crippen MR) is 174 cm³/mol. The van der Waals surface area contributed by atoms with Gasteiger partial charge in [-0.25, -0.2) is 4.99 Å². The maximum Gasteiger partial charge on any atom is 0.222 e. The van der Waals surface area contributed by atoms with Crippen molar-refractivity contribution in [3.63, 3.8) is 0 Å². The first kappa shape index (κ1) is 29.1. The largest absolute Gasteiger partial charge is 0.352 e. The van der Waals surface area contributed by atoms with Crippen molar-refractivity contribution in [3.8, 4) is 11.1 Å². The number of aliphatic imine (C=N–C) groups is 1. The molecule has 0 radical (unpaired) electrons. The van der Waals surface area contributed by atoms with E-state index in [0.717, 1.165) is 66.4 Å². The van der Waals surface area contributed by atoms with Crippen LogP contribution < -0.4 is 15.5 Å². The van der Waals surface area contributed by atoms with E-state index < -0.39 is 0 Å². The summed E-state index contributed by atoms with van der Waals surface area (Å²) >= 11 is 0. The highest BCUT2D eigenvalue weighted by molar-refractivity contribution is 6.01. The zero-order valence-corrected chi connectivity index (χ0v) is 24.7. The predicted octanol–water partition coefficient (Wildman–Crippen LogP) is 6.93. The lowest BCUT2D eigenvalue weighted by molar-refractivity contribution is -0.121. The van der Waals surface area contributed by atoms with E-state index in [1.807, 2.05) is 55.6 Å². The first-order valence-corrected chi connectivity index (χ1v) is 14.9. The summed E-state index contributed by atoms with van der Waals surface area (Å²) in [5, 5.41) is 6.39. The number of carbonyl (C=O) groups excluding carboxylic acids is 1. The number of benzene rings is 4. The number of anilines is 1. The van der Waals surface area contributed by atoms with Gasteiger partial charge in [0.05, 0.1) is 18.2 Å². The topological polar surface area (TPSA) is 60.0 Å². The van der Waals surface area contributed by atoms with Gasteiger partial charge in [-0.3, -0.25) is 4.79 Å². The molecule has 6 nitrogen and oxygen atoms in total. The molecule has 2 N–H and O–H groups in total. The fourth-order valence-electron chi connectivity index (χ4n) is 5.49. The molecule has 4 aromatic carbocycles. The van der Waals surface area contributed by atoms with E-state index in [2.05, 4.69) is 88.1 Å². The number of fused-ring (bicyclic) bond motifs is 1. The lowest BCUT2D eigenvalue weighted by Crippen LogP contribution is -2.47. The van der Waals surface area contributed by atoms with Gasteiger partial charge in [-0.15, -0.1) is 0 Å². The lowest BCUT2D eigenvalue weighted by Gasteiger charge is -2.41. The minimum absolute atomic E-state index is 0.0144. The molecule has 42 heavy (non-hydrogen) atoms. The van der Waals surface area contributed by atoms with Crippen molar-refractivity contribution in [3.05, 3.63) is 120 Å². The van der Waals surface area contributed by atoms with Gasteiger partial charge in [0, 0.05) is 31.4 Å². The third-order valence-electron chi connectivity index (χ3n) is 7.77. The van der Waals surface area contributed by atoms with Gasteiger partial charge in [-0.05, 0) is 61.3 Å². The highest BCUT2D eigenvalue weighted by Gasteiger charge is 2.34. The SMILES string of the molecule is CNCCCCCN(C)C1=Nc2ccccc2C(CC(=O)NCc2ccccc2)N1c1ccc(-c2ccccc2)cc1. The Kier molecular flexibility index (Phi) is 10.0. The van der Waals surface area contributed by atoms with E-state index in [1.54, 1.807) is 0 Å². The molecule has 0 spiro atoms. The molecule has 1 aliphatic rings. The second-order valence-electron chi connectivity index (χ2n) is 10.8. The number of hydrogen-bond donors (Lipinski definition) is 2. The Bertz CT molecular complexity index is 1450. The molecule has 216 valence electrons. The van der Waals surface area contributed by atoms with Crippen LogP contribution >= 0.6 is 0 Å². The number of amides is 1. The summed E-state index contributed by atoms with van der Waals surface area (Å²) in [6.45, 7) is 2.42. The van der Waals surface area contributed by atoms with Crippen LogP contribution in [0.25, 0.3) is 11.1 Å². The number of carbonyl (C=O) groups is 1. The van der Waals surface area contributed by atoms with Crippen molar-refractivity contribution < 1.29 is 4.79 Å². The standard InChI is InChI=1S/C36H41N5O/c1-37-24-12-5-13-25-40(2)36-39-33-19-11-10-18-32(33)34(26-35(42)38-27-28-14-6-3-7-15-28)41(36)31-22-20-30(21-23-31)29-16-8-4-9-17-29/h3-4,6-11,14-23,34,37H,5,12-13,24-27H2,1-2H3,(H,38,42). The van der Waals surface area contributed by atoms with Gasteiger partial charge >= 0.3 is 0 Å². The molecule has 4 aromatic rings. The van der Waals surface area contributed by atoms with Crippen molar-refractivity contribution in [1.29, 1.82) is 0 Å². The van der Waals surface area contributed by atoms with E-state index >= 15 is 0 Å². The molecule has 0 bridgehead atoms. The van der Waals surface area contributed by atoms with Crippen LogP contribution in [-0.4, -0.2) is 44.0 Å².